The number of hydrogen-bond donors (Lipinski definition) is 0. The van der Waals surface area contributed by atoms with Gasteiger partial charge in [-0.15, -0.1) is 0 Å². The van der Waals surface area contributed by atoms with Crippen LogP contribution >= 0.6 is 0 Å². The van der Waals surface area contributed by atoms with Gasteiger partial charge in [0.2, 0.25) is 0 Å². The van der Waals surface area contributed by atoms with E-state index >= 15 is 0 Å². The molecular formula is C46H40N4Si2. The average Bonchev–Trinajstić information content (AvgIpc) is 3.21. The van der Waals surface area contributed by atoms with Crippen LogP contribution in [0, 0.1) is 0 Å². The van der Waals surface area contributed by atoms with E-state index in [1.54, 1.807) is 0 Å². The molecule has 2 aromatic heterocycles. The number of aromatic nitrogens is 2. The highest BCUT2D eigenvalue weighted by Crippen LogP contribution is 2.45. The molecule has 0 N–H and O–H groups in total. The van der Waals surface area contributed by atoms with Gasteiger partial charge < -0.3 is 8.46 Å². The van der Waals surface area contributed by atoms with Crippen LogP contribution in [0.4, 0.5) is 11.6 Å². The van der Waals surface area contributed by atoms with Crippen molar-refractivity contribution in [2.75, 3.05) is 8.46 Å². The van der Waals surface area contributed by atoms with Gasteiger partial charge in [0, 0.05) is 10.8 Å². The number of pyridine rings is 2. The van der Waals surface area contributed by atoms with Crippen molar-refractivity contribution >= 4 is 71.0 Å². The summed E-state index contributed by atoms with van der Waals surface area (Å²) in [5.41, 5.74) is 4.63. The Labute approximate surface area is 308 Å². The van der Waals surface area contributed by atoms with Gasteiger partial charge in [-0.25, -0.2) is 9.97 Å². The van der Waals surface area contributed by atoms with Crippen molar-refractivity contribution in [3.05, 3.63) is 193 Å². The van der Waals surface area contributed by atoms with Crippen LogP contribution in [-0.4, -0.2) is 26.8 Å². The van der Waals surface area contributed by atoms with Crippen LogP contribution in [0.15, 0.2) is 182 Å². The van der Waals surface area contributed by atoms with Crippen LogP contribution in [0.5, 0.6) is 0 Å². The monoisotopic (exact) mass is 704 g/mol. The van der Waals surface area contributed by atoms with Crippen LogP contribution < -0.4 is 29.2 Å². The largest absolute Gasteiger partial charge is 0.363 e. The molecule has 9 rings (SSSR count). The van der Waals surface area contributed by atoms with Crippen LogP contribution in [0.3, 0.4) is 0 Å². The topological polar surface area (TPSA) is 32.3 Å². The fraction of sp³-hybridized carbons (Fsp3) is 0.0870. The zero-order valence-electron chi connectivity index (χ0n) is 29.5. The van der Waals surface area contributed by atoms with E-state index < -0.39 is 16.8 Å². The van der Waals surface area contributed by atoms with Crippen molar-refractivity contribution in [1.29, 1.82) is 0 Å². The van der Waals surface area contributed by atoms with Gasteiger partial charge in [0.1, 0.15) is 11.6 Å². The molecule has 0 bridgehead atoms. The molecule has 252 valence electrons. The summed E-state index contributed by atoms with van der Waals surface area (Å²) in [6, 6.07) is 67.2. The van der Waals surface area contributed by atoms with Crippen molar-refractivity contribution in [2.24, 2.45) is 0 Å². The van der Waals surface area contributed by atoms with E-state index in [4.69, 9.17) is 9.97 Å². The van der Waals surface area contributed by atoms with Crippen LogP contribution in [0.1, 0.15) is 25.0 Å². The van der Waals surface area contributed by atoms with E-state index in [2.05, 4.69) is 204 Å². The Morgan fingerprint density at radius 2 is 0.692 bits per heavy atom. The Balaban J connectivity index is 1.46. The van der Waals surface area contributed by atoms with Crippen molar-refractivity contribution in [3.8, 4) is 0 Å². The minimum atomic E-state index is -3.15. The highest BCUT2D eigenvalue weighted by atomic mass is 28.5. The zero-order chi connectivity index (χ0) is 35.1. The molecule has 0 spiro atoms. The van der Waals surface area contributed by atoms with E-state index in [1.807, 2.05) is 0 Å². The Bertz CT molecular complexity index is 2240. The molecule has 1 aliphatic rings. The van der Waals surface area contributed by atoms with Crippen LogP contribution in [0.25, 0.3) is 21.8 Å². The maximum atomic E-state index is 5.65. The Morgan fingerprint density at radius 3 is 1.00 bits per heavy atom. The number of fused-ring (bicyclic) bond motifs is 2. The lowest BCUT2D eigenvalue weighted by Crippen LogP contribution is -3.07. The molecule has 0 amide bonds. The second-order valence-electron chi connectivity index (χ2n) is 13.6. The van der Waals surface area contributed by atoms with E-state index in [9.17, 15) is 0 Å². The average molecular weight is 705 g/mol. The fourth-order valence-corrected chi connectivity index (χ4v) is 23.3. The quantitative estimate of drug-likeness (QED) is 0.152. The molecule has 0 aliphatic carbocycles. The number of anilines is 2. The number of benzene rings is 6. The second kappa shape index (κ2) is 13.1. The fourth-order valence-electron chi connectivity index (χ4n) is 8.33. The third kappa shape index (κ3) is 4.86. The number of rotatable bonds is 8. The molecule has 0 radical (unpaired) electrons. The second-order valence-corrected chi connectivity index (χ2v) is 21.3. The van der Waals surface area contributed by atoms with E-state index in [0.29, 0.717) is 0 Å². The molecule has 0 saturated carbocycles. The first-order chi connectivity index (χ1) is 25.7. The molecule has 0 atom stereocenters. The molecule has 8 aromatic rings. The lowest BCUT2D eigenvalue weighted by molar-refractivity contribution is 1.13. The van der Waals surface area contributed by atoms with Gasteiger partial charge in [-0.3, -0.25) is 0 Å². The van der Waals surface area contributed by atoms with E-state index in [0.717, 1.165) is 46.3 Å². The molecular weight excluding hydrogens is 665 g/mol. The van der Waals surface area contributed by atoms with Crippen LogP contribution in [0.2, 0.25) is 0 Å². The Hall–Kier alpha value is -5.83. The molecule has 1 fully saturated rings. The van der Waals surface area contributed by atoms with Crippen molar-refractivity contribution in [2.45, 2.75) is 26.7 Å². The van der Waals surface area contributed by atoms with Gasteiger partial charge in [-0.2, -0.15) is 0 Å². The van der Waals surface area contributed by atoms with Gasteiger partial charge >= 0.3 is 16.8 Å². The van der Waals surface area contributed by atoms with Gasteiger partial charge in [0.25, 0.3) is 0 Å². The summed E-state index contributed by atoms with van der Waals surface area (Å²) in [4.78, 5) is 11.3. The zero-order valence-corrected chi connectivity index (χ0v) is 31.5. The molecule has 1 aliphatic heterocycles. The molecule has 6 aromatic carbocycles. The standard InChI is InChI=1S/C46H40N4Si2/c1-3-35-25-27-37-29-31-45(47-43(37)33-35)49-51(39-17-9-5-10-18-39,40-19-11-6-12-20-40)50(46-32-30-38-28-26-36(4-2)34-44(38)48-46)52(49,41-21-13-7-14-22-41)42-23-15-8-16-24-42/h5-34H,3-4H2,1-2H3. The summed E-state index contributed by atoms with van der Waals surface area (Å²) >= 11 is 0. The summed E-state index contributed by atoms with van der Waals surface area (Å²) in [5, 5.41) is 7.49. The third-order valence-corrected chi connectivity index (χ3v) is 22.7. The first-order valence-electron chi connectivity index (χ1n) is 18.3. The smallest absolute Gasteiger partial charge is 0.320 e. The highest BCUT2D eigenvalue weighted by Gasteiger charge is 2.75. The number of aryl methyl sites for hydroxylation is 2. The summed E-state index contributed by atoms with van der Waals surface area (Å²) in [6.45, 7) is 4.42. The molecule has 52 heavy (non-hydrogen) atoms. The van der Waals surface area contributed by atoms with Crippen molar-refractivity contribution < 1.29 is 0 Å². The molecule has 1 saturated heterocycles. The van der Waals surface area contributed by atoms with E-state index in [-0.39, 0.29) is 0 Å². The lowest BCUT2D eigenvalue weighted by atomic mass is 10.1. The predicted octanol–water partition coefficient (Wildman–Crippen LogP) is 7.75. The Kier molecular flexibility index (Phi) is 8.06. The van der Waals surface area contributed by atoms with Gasteiger partial charge in [-0.05, 0) is 81.1 Å². The predicted molar refractivity (Wildman–Crippen MR) is 223 cm³/mol. The molecule has 4 nitrogen and oxygen atoms in total. The first-order valence-corrected chi connectivity index (χ1v) is 22.1. The molecule has 6 heteroatoms. The normalized spacial score (nSPS) is 14.7. The number of hydrogen-bond acceptors (Lipinski definition) is 4. The summed E-state index contributed by atoms with van der Waals surface area (Å²) in [7, 11) is -6.30. The lowest BCUT2D eigenvalue weighted by Gasteiger charge is -2.71. The summed E-state index contributed by atoms with van der Waals surface area (Å²) in [5.74, 6) is 2.01. The maximum Gasteiger partial charge on any atom is 0.320 e. The first kappa shape index (κ1) is 32.1. The van der Waals surface area contributed by atoms with Crippen molar-refractivity contribution in [1.82, 2.24) is 9.97 Å². The molecule has 0 unspecified atom stereocenters. The SMILES string of the molecule is CCc1ccc2ccc(N3[Si](c4ccccc4)(c4ccccc4)N(c4ccc5ccc(CC)cc5n4)[Si]3(c3ccccc3)c3ccccc3)nc2c1. The highest BCUT2D eigenvalue weighted by molar-refractivity contribution is 7.38. The minimum Gasteiger partial charge on any atom is -0.363 e. The van der Waals surface area contributed by atoms with Crippen molar-refractivity contribution in [3.63, 3.8) is 0 Å². The van der Waals surface area contributed by atoms with E-state index in [1.165, 1.54) is 31.9 Å². The third-order valence-electron chi connectivity index (χ3n) is 10.8. The van der Waals surface area contributed by atoms with Gasteiger partial charge in [0.15, 0.2) is 0 Å². The number of nitrogens with zero attached hydrogens (tertiary/aromatic N) is 4. The minimum absolute atomic E-state index is 0.964. The summed E-state index contributed by atoms with van der Waals surface area (Å²) in [6.07, 6.45) is 1.93. The Morgan fingerprint density at radius 1 is 0.385 bits per heavy atom. The maximum absolute atomic E-state index is 5.65. The van der Waals surface area contributed by atoms with Gasteiger partial charge in [0.05, 0.1) is 11.0 Å². The summed E-state index contributed by atoms with van der Waals surface area (Å²) < 4.78 is 5.67. The van der Waals surface area contributed by atoms with Gasteiger partial charge in [-0.1, -0.05) is 159 Å². The molecule has 3 heterocycles. The van der Waals surface area contributed by atoms with Crippen LogP contribution in [-0.2, 0) is 12.8 Å².